The maximum Gasteiger partial charge on any atom is 0.330 e. The molecule has 0 saturated heterocycles. The second kappa shape index (κ2) is 9.56. The molecule has 0 aromatic rings. The number of fused-ring (bicyclic) bond motifs is 7. The molecule has 3 N–H and O–H groups in total. The number of rotatable bonds is 4. The molecular weight excluding hydrogens is 502 g/mol. The van der Waals surface area contributed by atoms with E-state index in [2.05, 4.69) is 59.9 Å². The third-order valence-electron chi connectivity index (χ3n) is 14.0. The van der Waals surface area contributed by atoms with Crippen LogP contribution in [-0.2, 0) is 14.3 Å². The Morgan fingerprint density at radius 3 is 2.30 bits per heavy atom. The highest BCUT2D eigenvalue weighted by Crippen LogP contribution is 2.75. The quantitative estimate of drug-likeness (QED) is 0.300. The Morgan fingerprint density at radius 1 is 0.975 bits per heavy atom. The first kappa shape index (κ1) is 30.1. The molecule has 0 heterocycles. The summed E-state index contributed by atoms with van der Waals surface area (Å²) in [6.07, 6.45) is 12.1. The van der Waals surface area contributed by atoms with E-state index >= 15 is 0 Å². The van der Waals surface area contributed by atoms with Gasteiger partial charge >= 0.3 is 5.97 Å². The Kier molecular flexibility index (Phi) is 7.18. The zero-order valence-corrected chi connectivity index (χ0v) is 26.4. The van der Waals surface area contributed by atoms with E-state index in [0.717, 1.165) is 64.2 Å². The number of methoxy groups -OCH3 is 1. The van der Waals surface area contributed by atoms with Crippen molar-refractivity contribution in [2.45, 2.75) is 125 Å². The first-order chi connectivity index (χ1) is 18.5. The molecular formula is C34H55NO5. The van der Waals surface area contributed by atoms with Gasteiger partial charge in [0.05, 0.1) is 25.2 Å². The lowest BCUT2D eigenvalue weighted by atomic mass is 9.33. The lowest BCUT2D eigenvalue weighted by Gasteiger charge is -2.71. The minimum atomic E-state index is -1.03. The maximum absolute atomic E-state index is 14.2. The van der Waals surface area contributed by atoms with Crippen molar-refractivity contribution in [3.8, 4) is 0 Å². The van der Waals surface area contributed by atoms with Crippen molar-refractivity contribution in [2.24, 2.45) is 50.2 Å². The summed E-state index contributed by atoms with van der Waals surface area (Å²) in [6, 6.07) is -1.03. The SMILES string of the molecule is COC(=O)[C@H](CO)NC(=O)[C@]12CCC(C)(C)C[C@H]1C1=CC[C@@H]3[C@@]4(C)CC[C@H](O)C(C)(C)[C@@H]4CC[C@@]3(C)[C@]1(C)CC2. The van der Waals surface area contributed by atoms with E-state index in [9.17, 15) is 19.8 Å². The van der Waals surface area contributed by atoms with Gasteiger partial charge in [-0.25, -0.2) is 4.79 Å². The molecule has 1 amide bonds. The number of aliphatic hydroxyl groups excluding tert-OH is 2. The minimum Gasteiger partial charge on any atom is -0.467 e. The van der Waals surface area contributed by atoms with Crippen molar-refractivity contribution >= 4 is 11.9 Å². The molecule has 4 fully saturated rings. The van der Waals surface area contributed by atoms with Crippen molar-refractivity contribution in [1.29, 1.82) is 0 Å². The number of amides is 1. The van der Waals surface area contributed by atoms with Gasteiger partial charge in [0.25, 0.3) is 0 Å². The van der Waals surface area contributed by atoms with Gasteiger partial charge in [-0.1, -0.05) is 60.1 Å². The molecule has 0 unspecified atom stereocenters. The van der Waals surface area contributed by atoms with Crippen molar-refractivity contribution in [2.75, 3.05) is 13.7 Å². The number of carbonyl (C=O) groups is 2. The second-order valence-electron chi connectivity index (χ2n) is 16.5. The van der Waals surface area contributed by atoms with E-state index in [1.807, 2.05) is 0 Å². The van der Waals surface area contributed by atoms with Gasteiger partial charge in [-0.05, 0) is 109 Å². The summed E-state index contributed by atoms with van der Waals surface area (Å²) in [6.45, 7) is 16.4. The topological polar surface area (TPSA) is 95.9 Å². The highest BCUT2D eigenvalue weighted by Gasteiger charge is 2.69. The highest BCUT2D eigenvalue weighted by molar-refractivity contribution is 5.89. The first-order valence-electron chi connectivity index (χ1n) is 15.9. The van der Waals surface area contributed by atoms with Crippen LogP contribution in [-0.4, -0.2) is 48.0 Å². The van der Waals surface area contributed by atoms with E-state index in [1.54, 1.807) is 0 Å². The van der Waals surface area contributed by atoms with Crippen LogP contribution >= 0.6 is 0 Å². The number of nitrogens with one attached hydrogen (secondary N) is 1. The van der Waals surface area contributed by atoms with Crippen molar-refractivity contribution in [3.63, 3.8) is 0 Å². The Bertz CT molecular complexity index is 1080. The fraction of sp³-hybridized carbons (Fsp3) is 0.882. The van der Waals surface area contributed by atoms with Crippen LogP contribution < -0.4 is 5.32 Å². The predicted molar refractivity (Wildman–Crippen MR) is 156 cm³/mol. The number of carbonyl (C=O) groups excluding carboxylic acids is 2. The van der Waals surface area contributed by atoms with Crippen LogP contribution in [0, 0.1) is 50.2 Å². The number of aliphatic hydroxyl groups is 2. The van der Waals surface area contributed by atoms with Crippen LogP contribution in [0.1, 0.15) is 113 Å². The number of hydrogen-bond acceptors (Lipinski definition) is 5. The molecule has 6 nitrogen and oxygen atoms in total. The van der Waals surface area contributed by atoms with Crippen LogP contribution in [0.15, 0.2) is 11.6 Å². The van der Waals surface area contributed by atoms with E-state index in [0.29, 0.717) is 11.8 Å². The molecule has 0 aliphatic heterocycles. The molecule has 40 heavy (non-hydrogen) atoms. The third-order valence-corrected chi connectivity index (χ3v) is 14.0. The summed E-state index contributed by atoms with van der Waals surface area (Å²) in [7, 11) is 1.29. The number of hydrogen-bond donors (Lipinski definition) is 3. The fourth-order valence-electron chi connectivity index (χ4n) is 11.3. The zero-order valence-electron chi connectivity index (χ0n) is 26.4. The lowest BCUT2D eigenvalue weighted by molar-refractivity contribution is -0.203. The Morgan fingerprint density at radius 2 is 1.65 bits per heavy atom. The Labute approximate surface area is 242 Å². The van der Waals surface area contributed by atoms with Gasteiger partial charge in [-0.3, -0.25) is 4.79 Å². The molecule has 9 atom stereocenters. The monoisotopic (exact) mass is 557 g/mol. The molecule has 0 spiro atoms. The molecule has 5 aliphatic carbocycles. The average molecular weight is 558 g/mol. The fourth-order valence-corrected chi connectivity index (χ4v) is 11.3. The van der Waals surface area contributed by atoms with Gasteiger partial charge in [0, 0.05) is 0 Å². The standard InChI is InChI=1S/C34H55NO5/c1-29(2)15-17-34(28(39)35-23(20-36)27(38)40-8)18-16-32(6)21(22(34)19-29)9-10-25-31(5)13-12-26(37)30(3,4)24(31)11-14-33(25,32)7/h9,22-26,36-37H,10-20H2,1-8H3,(H,35,39)/t22-,23-,24-,25+,26-,31-,32+,33+,34-/m0/s1. The summed E-state index contributed by atoms with van der Waals surface area (Å²) in [5.74, 6) is 0.496. The molecule has 0 radical (unpaired) electrons. The number of esters is 1. The Balaban J connectivity index is 1.55. The van der Waals surface area contributed by atoms with Crippen LogP contribution in [0.25, 0.3) is 0 Å². The first-order valence-corrected chi connectivity index (χ1v) is 15.9. The molecule has 5 aliphatic rings. The largest absolute Gasteiger partial charge is 0.467 e. The van der Waals surface area contributed by atoms with Gasteiger partial charge in [-0.2, -0.15) is 0 Å². The van der Waals surface area contributed by atoms with Crippen LogP contribution in [0.4, 0.5) is 0 Å². The van der Waals surface area contributed by atoms with Crippen molar-refractivity contribution in [1.82, 2.24) is 5.32 Å². The van der Waals surface area contributed by atoms with Crippen molar-refractivity contribution in [3.05, 3.63) is 11.6 Å². The second-order valence-corrected chi connectivity index (χ2v) is 16.5. The normalized spacial score (nSPS) is 45.9. The number of ether oxygens (including phenoxy) is 1. The number of allylic oxidation sites excluding steroid dienone is 2. The summed E-state index contributed by atoms with van der Waals surface area (Å²) in [5, 5.41) is 23.8. The smallest absolute Gasteiger partial charge is 0.330 e. The summed E-state index contributed by atoms with van der Waals surface area (Å²) in [4.78, 5) is 26.4. The lowest BCUT2D eigenvalue weighted by Crippen LogP contribution is -2.66. The van der Waals surface area contributed by atoms with E-state index in [-0.39, 0.29) is 45.0 Å². The minimum absolute atomic E-state index is 0.00466. The highest BCUT2D eigenvalue weighted by atomic mass is 16.5. The zero-order chi connectivity index (χ0) is 29.5. The van der Waals surface area contributed by atoms with Crippen LogP contribution in [0.2, 0.25) is 0 Å². The van der Waals surface area contributed by atoms with Gasteiger partial charge in [0.1, 0.15) is 0 Å². The van der Waals surface area contributed by atoms with Gasteiger partial charge < -0.3 is 20.3 Å². The molecule has 0 bridgehead atoms. The van der Waals surface area contributed by atoms with E-state index < -0.39 is 24.0 Å². The molecule has 0 aromatic carbocycles. The molecule has 6 heteroatoms. The maximum atomic E-state index is 14.2. The third kappa shape index (κ3) is 4.01. The van der Waals surface area contributed by atoms with Crippen LogP contribution in [0.3, 0.4) is 0 Å². The predicted octanol–water partition coefficient (Wildman–Crippen LogP) is 5.80. The van der Waals surface area contributed by atoms with Crippen LogP contribution in [0.5, 0.6) is 0 Å². The van der Waals surface area contributed by atoms with Gasteiger partial charge in [0.2, 0.25) is 5.91 Å². The molecule has 4 saturated carbocycles. The summed E-state index contributed by atoms with van der Waals surface area (Å²) < 4.78 is 4.87. The molecule has 0 aromatic heterocycles. The van der Waals surface area contributed by atoms with Gasteiger partial charge in [-0.15, -0.1) is 0 Å². The average Bonchev–Trinajstić information content (AvgIpc) is 2.89. The molecule has 226 valence electrons. The van der Waals surface area contributed by atoms with E-state index in [4.69, 9.17) is 4.74 Å². The summed E-state index contributed by atoms with van der Waals surface area (Å²) in [5.41, 5.74) is 1.30. The Hall–Kier alpha value is -1.40. The van der Waals surface area contributed by atoms with E-state index in [1.165, 1.54) is 12.7 Å². The summed E-state index contributed by atoms with van der Waals surface area (Å²) >= 11 is 0. The van der Waals surface area contributed by atoms with Gasteiger partial charge in [0.15, 0.2) is 6.04 Å². The molecule has 5 rings (SSSR count). The van der Waals surface area contributed by atoms with Crippen molar-refractivity contribution < 1.29 is 24.5 Å².